The summed E-state index contributed by atoms with van der Waals surface area (Å²) in [5.74, 6) is -13.5. The fourth-order valence-electron chi connectivity index (χ4n) is 6.76. The van der Waals surface area contributed by atoms with Crippen LogP contribution >= 0.6 is 37.0 Å². The number of hydrogen-bond donors (Lipinski definition) is 18. The van der Waals surface area contributed by atoms with E-state index in [1.807, 2.05) is 0 Å². The molecular weight excluding hydrogens is 1060 g/mol. The highest BCUT2D eigenvalue weighted by molar-refractivity contribution is 7.98. The number of aliphatic hydroxyl groups excluding tert-OH is 2. The number of rotatable bonds is 38. The molecule has 29 nitrogen and oxygen atoms in total. The minimum atomic E-state index is -1.78. The molecule has 0 aromatic rings. The highest BCUT2D eigenvalue weighted by Crippen LogP contribution is 2.11. The van der Waals surface area contributed by atoms with Crippen LogP contribution in [-0.4, -0.2) is 195 Å². The minimum Gasteiger partial charge on any atom is -0.481 e. The number of carbonyl (C=O) groups excluding carboxylic acids is 12. The maximum atomic E-state index is 13.9. The van der Waals surface area contributed by atoms with E-state index >= 15 is 0 Å². The number of unbranched alkanes of at least 4 members (excludes halogenated alkanes) is 1. The SMILES string of the molecule is CSCC[C@H](NC(=O)[C@H](CCCCN)NC(=O)[C@H](CC(N)=O)NC(=O)CNC(=O)[C@H](CCC(=O)O)NC(=O)[C@H](CC(C)C)NC(=O)[C@@H](NC(=O)[C@H](CS)NC(C)=O)[C@@H](C)O)C(=O)N[C@H](C(=O)N[C@@H](CS)C(N)=O)[C@@H](C)O. The van der Waals surface area contributed by atoms with Crippen LogP contribution in [0.25, 0.3) is 0 Å². The second kappa shape index (κ2) is 36.9. The van der Waals surface area contributed by atoms with Crippen LogP contribution in [0.5, 0.6) is 0 Å². The van der Waals surface area contributed by atoms with Gasteiger partial charge in [0.2, 0.25) is 70.9 Å². The predicted octanol–water partition coefficient (Wildman–Crippen LogP) is -6.74. The first kappa shape index (κ1) is 70.0. The summed E-state index contributed by atoms with van der Waals surface area (Å²) in [4.78, 5) is 168. The molecule has 0 spiro atoms. The van der Waals surface area contributed by atoms with E-state index in [4.69, 9.17) is 17.2 Å². The van der Waals surface area contributed by atoms with E-state index < -0.39 is 169 Å². The Balaban J connectivity index is 6.42. The van der Waals surface area contributed by atoms with Crippen molar-refractivity contribution in [2.45, 2.75) is 153 Å². The standard InChI is InChI=1S/C44H77N13O16S3/c1-20(2)15-27(54-43(72)34(21(3)58)57-42(71)30(19-75)49-23(5)60)40(69)52-25(10-11-33(63)64)37(66)48-17-32(62)50-28(16-31(46)61)41(70)51-24(9-7-8-13-45)38(67)53-26(12-14-76-6)39(68)56-35(22(4)59)44(73)55-29(18-74)36(47)65/h20-22,24-30,34-35,58-59,74-75H,7-19,45H2,1-6H3,(H2,46,61)(H2,47,65)(H,48,66)(H,49,60)(H,50,62)(H,51,70)(H,52,69)(H,53,67)(H,54,72)(H,55,73)(H,56,68)(H,57,71)(H,63,64)/t21-,22-,24+,25+,26+,27+,28+,29+,30+,34+,35+/m1/s1. The molecule has 0 aliphatic carbocycles. The van der Waals surface area contributed by atoms with E-state index in [-0.39, 0.29) is 49.7 Å². The van der Waals surface area contributed by atoms with Gasteiger partial charge in [0.15, 0.2) is 0 Å². The number of nitrogens with two attached hydrogens (primary N) is 3. The van der Waals surface area contributed by atoms with Gasteiger partial charge >= 0.3 is 5.97 Å². The summed E-state index contributed by atoms with van der Waals surface area (Å²) < 4.78 is 0. The van der Waals surface area contributed by atoms with Crippen LogP contribution in [0.1, 0.15) is 86.0 Å². The molecule has 0 radical (unpaired) electrons. The second-order valence-corrected chi connectivity index (χ2v) is 19.6. The maximum Gasteiger partial charge on any atom is 0.303 e. The van der Waals surface area contributed by atoms with Crippen molar-refractivity contribution < 1.29 is 77.6 Å². The van der Waals surface area contributed by atoms with Crippen LogP contribution in [0.3, 0.4) is 0 Å². The van der Waals surface area contributed by atoms with Gasteiger partial charge in [-0.05, 0) is 76.8 Å². The van der Waals surface area contributed by atoms with Crippen LogP contribution in [0.2, 0.25) is 0 Å². The molecule has 76 heavy (non-hydrogen) atoms. The molecule has 432 valence electrons. The Hall–Kier alpha value is -5.96. The first-order chi connectivity index (χ1) is 35.5. The van der Waals surface area contributed by atoms with Gasteiger partial charge in [-0.25, -0.2) is 0 Å². The molecule has 0 unspecified atom stereocenters. The van der Waals surface area contributed by atoms with Crippen molar-refractivity contribution in [3.8, 4) is 0 Å². The van der Waals surface area contributed by atoms with Crippen molar-refractivity contribution in [1.29, 1.82) is 0 Å². The van der Waals surface area contributed by atoms with Crippen molar-refractivity contribution >= 4 is 114 Å². The molecule has 0 saturated carbocycles. The van der Waals surface area contributed by atoms with Crippen molar-refractivity contribution in [3.63, 3.8) is 0 Å². The summed E-state index contributed by atoms with van der Waals surface area (Å²) in [7, 11) is 0. The third-order valence-electron chi connectivity index (χ3n) is 10.8. The fourth-order valence-corrected chi connectivity index (χ4v) is 7.76. The number of amides is 12. The molecule has 0 saturated heterocycles. The number of aliphatic carboxylic acids is 1. The maximum absolute atomic E-state index is 13.9. The number of thioether (sulfide) groups is 1. The van der Waals surface area contributed by atoms with Crippen molar-refractivity contribution in [2.24, 2.45) is 23.1 Å². The smallest absolute Gasteiger partial charge is 0.303 e. The number of nitrogens with one attached hydrogen (secondary N) is 10. The van der Waals surface area contributed by atoms with E-state index in [1.54, 1.807) is 20.1 Å². The number of carboxylic acids is 1. The van der Waals surface area contributed by atoms with Gasteiger partial charge in [-0.15, -0.1) is 0 Å². The van der Waals surface area contributed by atoms with Gasteiger partial charge < -0.3 is 85.7 Å². The average molecular weight is 1140 g/mol. The Morgan fingerprint density at radius 2 is 0.987 bits per heavy atom. The fraction of sp³-hybridized carbons (Fsp3) is 0.705. The monoisotopic (exact) mass is 1140 g/mol. The third-order valence-corrected chi connectivity index (χ3v) is 12.1. The number of hydrogen-bond acceptors (Lipinski definition) is 19. The Morgan fingerprint density at radius 3 is 1.42 bits per heavy atom. The molecule has 0 bridgehead atoms. The molecule has 0 fully saturated rings. The molecule has 0 rings (SSSR count). The summed E-state index contributed by atoms with van der Waals surface area (Å²) in [6.45, 7) is 6.12. The lowest BCUT2D eigenvalue weighted by atomic mass is 10.0. The van der Waals surface area contributed by atoms with Gasteiger partial charge in [0, 0.05) is 24.9 Å². The quantitative estimate of drug-likeness (QED) is 0.0202. The summed E-state index contributed by atoms with van der Waals surface area (Å²) in [5, 5.41) is 53.6. The summed E-state index contributed by atoms with van der Waals surface area (Å²) in [5.41, 5.74) is 16.3. The van der Waals surface area contributed by atoms with Gasteiger partial charge in [-0.1, -0.05) is 13.8 Å². The van der Waals surface area contributed by atoms with E-state index in [1.165, 1.54) is 25.6 Å². The Morgan fingerprint density at radius 1 is 0.539 bits per heavy atom. The number of thiol groups is 2. The van der Waals surface area contributed by atoms with E-state index in [9.17, 15) is 77.6 Å². The van der Waals surface area contributed by atoms with Gasteiger partial charge in [-0.2, -0.15) is 37.0 Å². The molecule has 19 N–H and O–H groups in total. The number of carboxylic acid groups (broad SMARTS) is 1. The summed E-state index contributed by atoms with van der Waals surface area (Å²) in [6.07, 6.45) is -2.95. The number of aliphatic hydroxyl groups is 2. The lowest BCUT2D eigenvalue weighted by molar-refractivity contribution is -0.138. The van der Waals surface area contributed by atoms with Crippen molar-refractivity contribution in [3.05, 3.63) is 0 Å². The van der Waals surface area contributed by atoms with E-state index in [2.05, 4.69) is 78.4 Å². The highest BCUT2D eigenvalue weighted by atomic mass is 32.2. The molecule has 12 amide bonds. The zero-order chi connectivity index (χ0) is 58.4. The first-order valence-corrected chi connectivity index (χ1v) is 26.7. The van der Waals surface area contributed by atoms with Crippen molar-refractivity contribution in [2.75, 3.05) is 36.6 Å². The van der Waals surface area contributed by atoms with Crippen LogP contribution < -0.4 is 70.4 Å². The van der Waals surface area contributed by atoms with Crippen LogP contribution in [0.15, 0.2) is 0 Å². The number of carbonyl (C=O) groups is 13. The summed E-state index contributed by atoms with van der Waals surface area (Å²) >= 11 is 9.29. The Bertz CT molecular complexity index is 2020. The van der Waals surface area contributed by atoms with Gasteiger partial charge in [0.05, 0.1) is 25.2 Å². The molecule has 0 aromatic carbocycles. The lowest BCUT2D eigenvalue weighted by Crippen LogP contribution is -2.61. The molecular formula is C44H77N13O16S3. The van der Waals surface area contributed by atoms with Crippen LogP contribution in [0, 0.1) is 5.92 Å². The van der Waals surface area contributed by atoms with Crippen LogP contribution in [-0.2, 0) is 62.3 Å². The lowest BCUT2D eigenvalue weighted by Gasteiger charge is -2.28. The molecule has 0 aliphatic heterocycles. The van der Waals surface area contributed by atoms with Crippen LogP contribution in [0.4, 0.5) is 0 Å². The normalized spacial score (nSPS) is 15.4. The van der Waals surface area contributed by atoms with Gasteiger partial charge in [-0.3, -0.25) is 62.3 Å². The van der Waals surface area contributed by atoms with E-state index in [0.717, 1.165) is 6.92 Å². The first-order valence-electron chi connectivity index (χ1n) is 24.1. The van der Waals surface area contributed by atoms with E-state index in [0.29, 0.717) is 12.2 Å². The topological polar surface area (TPSA) is 481 Å². The second-order valence-electron chi connectivity index (χ2n) is 17.9. The molecule has 32 heteroatoms. The predicted molar refractivity (Wildman–Crippen MR) is 282 cm³/mol. The van der Waals surface area contributed by atoms with Gasteiger partial charge in [0.1, 0.15) is 54.4 Å². The Kier molecular flexibility index (Phi) is 34.0. The van der Waals surface area contributed by atoms with Gasteiger partial charge in [0.25, 0.3) is 0 Å². The molecule has 0 aliphatic rings. The molecule has 0 aromatic heterocycles. The number of primary amides is 2. The summed E-state index contributed by atoms with van der Waals surface area (Å²) in [6, 6.07) is -13.4. The minimum absolute atomic E-state index is 0.0230. The highest BCUT2D eigenvalue weighted by Gasteiger charge is 2.36. The largest absolute Gasteiger partial charge is 0.481 e. The molecule has 0 heterocycles. The zero-order valence-electron chi connectivity index (χ0n) is 43.3. The third kappa shape index (κ3) is 27.7. The average Bonchev–Trinajstić information content (AvgIpc) is 3.32. The van der Waals surface area contributed by atoms with Crippen molar-refractivity contribution in [1.82, 2.24) is 53.2 Å². The Labute approximate surface area is 455 Å². The zero-order valence-corrected chi connectivity index (χ0v) is 45.9. The molecule has 11 atom stereocenters.